The normalized spacial score (nSPS) is 12.6. The Hall–Kier alpha value is -0.360. The van der Waals surface area contributed by atoms with E-state index in [9.17, 15) is 21.6 Å². The zero-order valence-electron chi connectivity index (χ0n) is 9.23. The third-order valence-electron chi connectivity index (χ3n) is 1.75. The van der Waals surface area contributed by atoms with Gasteiger partial charge in [-0.05, 0) is 23.9 Å². The standard InChI is InChI=1S/C8H9F3N2O2S4/c9-8(10,11)17-4-3-13-19(14,15)6-2-1-5(18-6)7(12)16/h1-2,13H,3-4H2,(H2,12,16). The molecule has 0 saturated carbocycles. The van der Waals surface area contributed by atoms with E-state index in [1.165, 1.54) is 12.1 Å². The quantitative estimate of drug-likeness (QED) is 0.606. The zero-order chi connectivity index (χ0) is 14.7. The van der Waals surface area contributed by atoms with Crippen molar-refractivity contribution in [3.05, 3.63) is 17.0 Å². The number of thioether (sulfide) groups is 1. The van der Waals surface area contributed by atoms with Crippen molar-refractivity contribution >= 4 is 50.3 Å². The summed E-state index contributed by atoms with van der Waals surface area (Å²) < 4.78 is 61.0. The van der Waals surface area contributed by atoms with Crippen LogP contribution in [0.2, 0.25) is 0 Å². The molecule has 0 bridgehead atoms. The van der Waals surface area contributed by atoms with Crippen LogP contribution in [-0.4, -0.2) is 31.2 Å². The Balaban J connectivity index is 2.58. The second-order valence-electron chi connectivity index (χ2n) is 3.17. The number of nitrogens with two attached hydrogens (primary N) is 1. The highest BCUT2D eigenvalue weighted by molar-refractivity contribution is 8.00. The van der Waals surface area contributed by atoms with Gasteiger partial charge in [-0.3, -0.25) is 0 Å². The molecule has 0 unspecified atom stereocenters. The van der Waals surface area contributed by atoms with E-state index in [1.54, 1.807) is 0 Å². The van der Waals surface area contributed by atoms with Crippen LogP contribution in [0.4, 0.5) is 13.2 Å². The molecule has 0 spiro atoms. The summed E-state index contributed by atoms with van der Waals surface area (Å²) in [5.41, 5.74) is 0.970. The molecular formula is C8H9F3N2O2S4. The van der Waals surface area contributed by atoms with Crippen molar-refractivity contribution < 1.29 is 21.6 Å². The van der Waals surface area contributed by atoms with Gasteiger partial charge in [-0.2, -0.15) is 13.2 Å². The van der Waals surface area contributed by atoms with Gasteiger partial charge in [-0.15, -0.1) is 11.3 Å². The summed E-state index contributed by atoms with van der Waals surface area (Å²) in [7, 11) is -3.82. The van der Waals surface area contributed by atoms with Crippen LogP contribution in [-0.2, 0) is 10.0 Å². The number of sulfonamides is 1. The van der Waals surface area contributed by atoms with Crippen molar-refractivity contribution in [2.45, 2.75) is 9.72 Å². The summed E-state index contributed by atoms with van der Waals surface area (Å²) in [4.78, 5) is 0.499. The molecule has 0 aliphatic rings. The molecule has 0 aromatic carbocycles. The summed E-state index contributed by atoms with van der Waals surface area (Å²) in [6.07, 6.45) is 0. The first-order valence-electron chi connectivity index (χ1n) is 4.72. The molecule has 11 heteroatoms. The Morgan fingerprint density at radius 2 is 2.11 bits per heavy atom. The maximum absolute atomic E-state index is 11.9. The van der Waals surface area contributed by atoms with Gasteiger partial charge >= 0.3 is 5.51 Å². The van der Waals surface area contributed by atoms with Gasteiger partial charge in [0.15, 0.2) is 0 Å². The Bertz CT molecular complexity index is 553. The van der Waals surface area contributed by atoms with Gasteiger partial charge in [-0.25, -0.2) is 13.1 Å². The van der Waals surface area contributed by atoms with Crippen molar-refractivity contribution in [1.29, 1.82) is 0 Å². The number of alkyl halides is 3. The van der Waals surface area contributed by atoms with Crippen molar-refractivity contribution in [2.24, 2.45) is 5.73 Å². The molecule has 3 N–H and O–H groups in total. The summed E-state index contributed by atoms with van der Waals surface area (Å²) in [6.45, 7) is -0.313. The first-order valence-corrected chi connectivity index (χ1v) is 8.41. The fraction of sp³-hybridized carbons (Fsp3) is 0.375. The molecule has 1 aromatic rings. The summed E-state index contributed by atoms with van der Waals surface area (Å²) in [6, 6.07) is 2.75. The smallest absolute Gasteiger partial charge is 0.389 e. The highest BCUT2D eigenvalue weighted by Gasteiger charge is 2.28. The number of hydrogen-bond donors (Lipinski definition) is 2. The second kappa shape index (κ2) is 6.39. The van der Waals surface area contributed by atoms with Gasteiger partial charge in [-0.1, -0.05) is 12.2 Å². The Labute approximate surface area is 121 Å². The number of thiophene rings is 1. The molecule has 108 valence electrons. The fourth-order valence-corrected chi connectivity index (χ4v) is 4.00. The molecule has 0 amide bonds. The Kier molecular flexibility index (Phi) is 5.62. The third-order valence-corrected chi connectivity index (χ3v) is 5.91. The van der Waals surface area contributed by atoms with E-state index < -0.39 is 21.3 Å². The second-order valence-corrected chi connectivity index (χ2v) is 7.85. The van der Waals surface area contributed by atoms with E-state index in [2.05, 4.69) is 4.72 Å². The predicted molar refractivity (Wildman–Crippen MR) is 73.9 cm³/mol. The highest BCUT2D eigenvalue weighted by Crippen LogP contribution is 2.29. The molecule has 0 saturated heterocycles. The lowest BCUT2D eigenvalue weighted by molar-refractivity contribution is -0.0327. The van der Waals surface area contributed by atoms with E-state index in [-0.39, 0.29) is 27.5 Å². The molecule has 0 aliphatic heterocycles. The lowest BCUT2D eigenvalue weighted by atomic mass is 10.5. The summed E-state index contributed by atoms with van der Waals surface area (Å²) in [5.74, 6) is -0.393. The van der Waals surface area contributed by atoms with E-state index in [4.69, 9.17) is 18.0 Å². The maximum Gasteiger partial charge on any atom is 0.441 e. The molecule has 0 fully saturated rings. The van der Waals surface area contributed by atoms with Crippen LogP contribution in [0.15, 0.2) is 16.3 Å². The van der Waals surface area contributed by atoms with Crippen molar-refractivity contribution in [2.75, 3.05) is 12.3 Å². The van der Waals surface area contributed by atoms with Gasteiger partial charge < -0.3 is 5.73 Å². The SMILES string of the molecule is NC(=S)c1ccc(S(=O)(=O)NCCSC(F)(F)F)s1. The van der Waals surface area contributed by atoms with Gasteiger partial charge in [0.05, 0.1) is 4.88 Å². The number of halogens is 3. The molecule has 0 aliphatic carbocycles. The molecular weight excluding hydrogens is 341 g/mol. The molecule has 1 heterocycles. The van der Waals surface area contributed by atoms with Crippen LogP contribution >= 0.6 is 35.3 Å². The number of thiocarbonyl (C=S) groups is 1. The van der Waals surface area contributed by atoms with E-state index >= 15 is 0 Å². The number of hydrogen-bond acceptors (Lipinski definition) is 5. The van der Waals surface area contributed by atoms with Gasteiger partial charge in [0.2, 0.25) is 10.0 Å². The first-order chi connectivity index (χ1) is 8.62. The highest BCUT2D eigenvalue weighted by atomic mass is 32.2. The molecule has 0 atom stereocenters. The first kappa shape index (κ1) is 16.7. The minimum Gasteiger partial charge on any atom is -0.389 e. The van der Waals surface area contributed by atoms with Gasteiger partial charge in [0.25, 0.3) is 0 Å². The topological polar surface area (TPSA) is 72.2 Å². The van der Waals surface area contributed by atoms with Gasteiger partial charge in [0.1, 0.15) is 9.20 Å². The average molecular weight is 350 g/mol. The fourth-order valence-electron chi connectivity index (χ4n) is 1.01. The lowest BCUT2D eigenvalue weighted by Crippen LogP contribution is -2.26. The third kappa shape index (κ3) is 5.65. The number of nitrogens with one attached hydrogen (secondary N) is 1. The van der Waals surface area contributed by atoms with Crippen LogP contribution in [0.25, 0.3) is 0 Å². The number of rotatable bonds is 6. The average Bonchev–Trinajstić information content (AvgIpc) is 2.73. The van der Waals surface area contributed by atoms with Crippen LogP contribution in [0.3, 0.4) is 0 Å². The van der Waals surface area contributed by atoms with E-state index in [0.29, 0.717) is 4.88 Å². The van der Waals surface area contributed by atoms with Crippen LogP contribution in [0, 0.1) is 0 Å². The van der Waals surface area contributed by atoms with Crippen LogP contribution < -0.4 is 10.5 Å². The van der Waals surface area contributed by atoms with Crippen molar-refractivity contribution in [3.8, 4) is 0 Å². The molecule has 1 aromatic heterocycles. The van der Waals surface area contributed by atoms with Crippen LogP contribution in [0.5, 0.6) is 0 Å². The van der Waals surface area contributed by atoms with Gasteiger partial charge in [0, 0.05) is 12.3 Å². The van der Waals surface area contributed by atoms with E-state index in [0.717, 1.165) is 11.3 Å². The molecule has 19 heavy (non-hydrogen) atoms. The minimum atomic E-state index is -4.37. The summed E-state index contributed by atoms with van der Waals surface area (Å²) in [5, 5.41) is 0. The minimum absolute atomic E-state index is 0.0349. The zero-order valence-corrected chi connectivity index (χ0v) is 12.5. The summed E-state index contributed by atoms with van der Waals surface area (Å²) >= 11 is 5.27. The van der Waals surface area contributed by atoms with Crippen molar-refractivity contribution in [1.82, 2.24) is 4.72 Å². The Morgan fingerprint density at radius 1 is 1.47 bits per heavy atom. The van der Waals surface area contributed by atoms with E-state index in [1.807, 2.05) is 0 Å². The van der Waals surface area contributed by atoms with Crippen molar-refractivity contribution in [3.63, 3.8) is 0 Å². The monoisotopic (exact) mass is 350 g/mol. The largest absolute Gasteiger partial charge is 0.441 e. The lowest BCUT2D eigenvalue weighted by Gasteiger charge is -2.06. The molecule has 4 nitrogen and oxygen atoms in total. The molecule has 0 radical (unpaired) electrons. The Morgan fingerprint density at radius 3 is 2.58 bits per heavy atom. The molecule has 1 rings (SSSR count). The predicted octanol–water partition coefficient (Wildman–Crippen LogP) is 1.91. The van der Waals surface area contributed by atoms with Crippen LogP contribution in [0.1, 0.15) is 4.88 Å². The maximum atomic E-state index is 11.9.